The zero-order chi connectivity index (χ0) is 25.1. The Balaban J connectivity index is 1.82. The summed E-state index contributed by atoms with van der Waals surface area (Å²) in [6.45, 7) is 3.58. The van der Waals surface area contributed by atoms with E-state index >= 15 is 0 Å². The van der Waals surface area contributed by atoms with Crippen molar-refractivity contribution in [2.75, 3.05) is 39.8 Å². The molecule has 2 N–H and O–H groups in total. The molecule has 35 heavy (non-hydrogen) atoms. The van der Waals surface area contributed by atoms with Crippen LogP contribution in [0.25, 0.3) is 0 Å². The molecule has 2 aromatic rings. The van der Waals surface area contributed by atoms with Gasteiger partial charge in [-0.05, 0) is 31.7 Å². The lowest BCUT2D eigenvalue weighted by atomic mass is 9.95. The van der Waals surface area contributed by atoms with Crippen LogP contribution in [0.4, 0.5) is 4.39 Å². The zero-order valence-corrected chi connectivity index (χ0v) is 21.6. The summed E-state index contributed by atoms with van der Waals surface area (Å²) < 4.78 is 19.7. The fraction of sp³-hybridized carbons (Fsp3) is 0.391. The van der Waals surface area contributed by atoms with Crippen LogP contribution in [0, 0.1) is 5.82 Å². The predicted molar refractivity (Wildman–Crippen MR) is 133 cm³/mol. The number of piperazine rings is 1. The number of carboxylic acids is 1. The Morgan fingerprint density at radius 3 is 2.83 bits per heavy atom. The number of hydrogen-bond donors (Lipinski definition) is 2. The second-order valence-electron chi connectivity index (χ2n) is 8.21. The van der Waals surface area contributed by atoms with E-state index in [0.717, 1.165) is 0 Å². The Bertz CT molecular complexity index is 1170. The highest BCUT2D eigenvalue weighted by molar-refractivity contribution is 9.10. The predicted octanol–water partition coefficient (Wildman–Crippen LogP) is 2.65. The monoisotopic (exact) mass is 565 g/mol. The number of hydrogen-bond acceptors (Lipinski definition) is 9. The van der Waals surface area contributed by atoms with Gasteiger partial charge in [-0.3, -0.25) is 14.7 Å². The summed E-state index contributed by atoms with van der Waals surface area (Å²) in [5, 5.41) is 15.5. The molecule has 9 nitrogen and oxygen atoms in total. The van der Waals surface area contributed by atoms with Crippen LogP contribution in [-0.4, -0.2) is 83.5 Å². The fourth-order valence-corrected chi connectivity index (χ4v) is 5.31. The van der Waals surface area contributed by atoms with Crippen molar-refractivity contribution < 1.29 is 23.8 Å². The molecule has 0 aliphatic carbocycles. The molecule has 3 heterocycles. The van der Waals surface area contributed by atoms with E-state index in [1.165, 1.54) is 23.5 Å². The number of halogens is 2. The van der Waals surface area contributed by atoms with E-state index in [1.807, 2.05) is 22.2 Å². The maximum absolute atomic E-state index is 13.9. The molecule has 0 amide bonds. The molecule has 2 aliphatic heterocycles. The molecule has 2 atom stereocenters. The summed E-state index contributed by atoms with van der Waals surface area (Å²) in [5.41, 5.74) is 1.32. The number of carboxylic acid groups (broad SMARTS) is 1. The van der Waals surface area contributed by atoms with Gasteiger partial charge in [0.05, 0.1) is 12.2 Å². The van der Waals surface area contributed by atoms with E-state index < -0.39 is 29.8 Å². The molecule has 2 aliphatic rings. The first-order valence-electron chi connectivity index (χ1n) is 11.0. The Kier molecular flexibility index (Phi) is 7.95. The summed E-state index contributed by atoms with van der Waals surface area (Å²) in [4.78, 5) is 38.2. The van der Waals surface area contributed by atoms with Crippen LogP contribution >= 0.6 is 27.3 Å². The Labute approximate surface area is 214 Å². The molecular weight excluding hydrogens is 541 g/mol. The smallest absolute Gasteiger partial charge is 0.338 e. The van der Waals surface area contributed by atoms with E-state index in [2.05, 4.69) is 26.2 Å². The van der Waals surface area contributed by atoms with Gasteiger partial charge < -0.3 is 20.1 Å². The highest BCUT2D eigenvalue weighted by Crippen LogP contribution is 2.37. The molecule has 1 aromatic carbocycles. The van der Waals surface area contributed by atoms with E-state index in [4.69, 9.17) is 9.73 Å². The summed E-state index contributed by atoms with van der Waals surface area (Å²) in [6, 6.07) is 2.65. The normalized spacial score (nSPS) is 21.4. The number of nitrogens with zero attached hydrogens (tertiary/aromatic N) is 4. The molecule has 0 spiro atoms. The molecular formula is C23H25BrFN5O4S. The zero-order valence-electron chi connectivity index (χ0n) is 19.2. The van der Waals surface area contributed by atoms with Gasteiger partial charge in [0, 0.05) is 47.9 Å². The highest BCUT2D eigenvalue weighted by atomic mass is 79.9. The maximum Gasteiger partial charge on any atom is 0.338 e. The quantitative estimate of drug-likeness (QED) is 0.493. The van der Waals surface area contributed by atoms with Crippen molar-refractivity contribution in [1.29, 1.82) is 0 Å². The van der Waals surface area contributed by atoms with Crippen LogP contribution in [0.1, 0.15) is 23.5 Å². The molecule has 1 aromatic heterocycles. The number of ether oxygens (including phenoxy) is 1. The number of rotatable bonds is 7. The molecule has 186 valence electrons. The van der Waals surface area contributed by atoms with Crippen molar-refractivity contribution in [3.05, 3.63) is 61.9 Å². The van der Waals surface area contributed by atoms with Crippen molar-refractivity contribution in [2.24, 2.45) is 4.99 Å². The van der Waals surface area contributed by atoms with Gasteiger partial charge >= 0.3 is 11.9 Å². The topological polar surface area (TPSA) is 107 Å². The molecule has 1 fully saturated rings. The minimum atomic E-state index is -0.933. The van der Waals surface area contributed by atoms with Crippen molar-refractivity contribution in [3.63, 3.8) is 0 Å². The van der Waals surface area contributed by atoms with Crippen LogP contribution < -0.4 is 5.32 Å². The van der Waals surface area contributed by atoms with Crippen molar-refractivity contribution >= 4 is 45.0 Å². The van der Waals surface area contributed by atoms with Gasteiger partial charge in [0.15, 0.2) is 10.8 Å². The van der Waals surface area contributed by atoms with Gasteiger partial charge in [-0.25, -0.2) is 14.2 Å². The van der Waals surface area contributed by atoms with E-state index in [9.17, 15) is 19.1 Å². The maximum atomic E-state index is 13.9. The second kappa shape index (κ2) is 10.9. The third kappa shape index (κ3) is 5.61. The number of thiazole rings is 1. The molecule has 4 rings (SSSR count). The van der Waals surface area contributed by atoms with Crippen molar-refractivity contribution in [1.82, 2.24) is 20.1 Å². The Morgan fingerprint density at radius 2 is 2.17 bits per heavy atom. The number of aliphatic imine (C=N–C) groups is 1. The van der Waals surface area contributed by atoms with Crippen LogP contribution in [0.2, 0.25) is 0 Å². The minimum Gasteiger partial charge on any atom is -0.480 e. The lowest BCUT2D eigenvalue weighted by Gasteiger charge is -2.39. The molecule has 1 saturated heterocycles. The van der Waals surface area contributed by atoms with Gasteiger partial charge in [-0.15, -0.1) is 11.3 Å². The van der Waals surface area contributed by atoms with Crippen molar-refractivity contribution in [2.45, 2.75) is 19.0 Å². The summed E-state index contributed by atoms with van der Waals surface area (Å²) in [5.74, 6) is -1.48. The largest absolute Gasteiger partial charge is 0.480 e. The Hall–Kier alpha value is -2.67. The van der Waals surface area contributed by atoms with Crippen LogP contribution in [0.5, 0.6) is 0 Å². The van der Waals surface area contributed by atoms with Crippen LogP contribution in [0.15, 0.2) is 50.5 Å². The number of nitrogens with one attached hydrogen (secondary N) is 1. The summed E-state index contributed by atoms with van der Waals surface area (Å²) >= 11 is 4.79. The van der Waals surface area contributed by atoms with Gasteiger partial charge in [0.25, 0.3) is 0 Å². The van der Waals surface area contributed by atoms with Crippen molar-refractivity contribution in [3.8, 4) is 0 Å². The first kappa shape index (κ1) is 25.4. The van der Waals surface area contributed by atoms with Crippen LogP contribution in [-0.2, 0) is 14.3 Å². The lowest BCUT2D eigenvalue weighted by Crippen LogP contribution is -2.56. The summed E-state index contributed by atoms with van der Waals surface area (Å²) in [6.07, 6.45) is 1.65. The van der Waals surface area contributed by atoms with E-state index in [1.54, 1.807) is 19.2 Å². The summed E-state index contributed by atoms with van der Waals surface area (Å²) in [7, 11) is 1.88. The number of aliphatic carboxylic acids is 1. The first-order valence-corrected chi connectivity index (χ1v) is 12.7. The lowest BCUT2D eigenvalue weighted by molar-refractivity contribution is -0.145. The third-order valence-electron chi connectivity index (χ3n) is 5.85. The van der Waals surface area contributed by atoms with E-state index in [-0.39, 0.29) is 18.7 Å². The average molecular weight is 566 g/mol. The SMILES string of the molecule is CCOC(=O)C1=C(CN2CCN(C)CC2C(=O)O)NC(c2nccs2)=NC1c1ccc(F)cc1Br. The third-order valence-corrected chi connectivity index (χ3v) is 7.32. The second-order valence-corrected chi connectivity index (χ2v) is 9.96. The first-order chi connectivity index (χ1) is 16.8. The molecule has 0 saturated carbocycles. The number of aromatic nitrogens is 1. The number of esters is 1. The average Bonchev–Trinajstić information content (AvgIpc) is 3.35. The number of amidine groups is 1. The van der Waals surface area contributed by atoms with Gasteiger partial charge in [0.2, 0.25) is 0 Å². The highest BCUT2D eigenvalue weighted by Gasteiger charge is 2.37. The van der Waals surface area contributed by atoms with Crippen LogP contribution in [0.3, 0.4) is 0 Å². The van der Waals surface area contributed by atoms with E-state index in [0.29, 0.717) is 46.2 Å². The minimum absolute atomic E-state index is 0.155. The fourth-order valence-electron chi connectivity index (χ4n) is 4.15. The molecule has 2 unspecified atom stereocenters. The standard InChI is InChI=1S/C23H25BrFN5O4S/c1-3-34-23(33)18-16(11-30-8-7-29(2)12-17(30)22(31)32)27-20(21-26-6-9-35-21)28-19(18)14-5-4-13(25)10-15(14)24/h4-6,9-10,17,19H,3,7-8,11-12H2,1-2H3,(H,27,28)(H,31,32). The van der Waals surface area contributed by atoms with Gasteiger partial charge in [0.1, 0.15) is 17.9 Å². The molecule has 0 radical (unpaired) electrons. The molecule has 0 bridgehead atoms. The number of likely N-dealkylation sites (N-methyl/N-ethyl adjacent to an activating group) is 1. The number of benzene rings is 1. The van der Waals surface area contributed by atoms with Gasteiger partial charge in [-0.2, -0.15) is 0 Å². The Morgan fingerprint density at radius 1 is 1.37 bits per heavy atom. The van der Waals surface area contributed by atoms with Gasteiger partial charge in [-0.1, -0.05) is 22.0 Å². The number of carbonyl (C=O) groups excluding carboxylic acids is 1. The number of carbonyl (C=O) groups is 2. The molecule has 12 heteroatoms.